The Morgan fingerprint density at radius 1 is 1.40 bits per heavy atom. The predicted molar refractivity (Wildman–Crippen MR) is 76.2 cm³/mol. The number of aryl methyl sites for hydroxylation is 1. The largest absolute Gasteiger partial charge is 0.387 e. The number of rotatable bonds is 4. The van der Waals surface area contributed by atoms with Gasteiger partial charge in [0.1, 0.15) is 11.5 Å². The molecule has 2 aromatic rings. The Labute approximate surface area is 119 Å². The Hall–Kier alpha value is -1.65. The second-order valence-electron chi connectivity index (χ2n) is 5.44. The molecule has 1 saturated heterocycles. The zero-order valence-corrected chi connectivity index (χ0v) is 11.7. The van der Waals surface area contributed by atoms with Crippen molar-refractivity contribution in [2.75, 3.05) is 13.1 Å². The van der Waals surface area contributed by atoms with Crippen LogP contribution in [0, 0.1) is 6.92 Å². The van der Waals surface area contributed by atoms with Gasteiger partial charge in [0.15, 0.2) is 0 Å². The van der Waals surface area contributed by atoms with E-state index in [4.69, 9.17) is 4.52 Å². The average molecular weight is 272 g/mol. The van der Waals surface area contributed by atoms with Crippen LogP contribution in [0.1, 0.15) is 42.0 Å². The Balaban J connectivity index is 1.70. The fraction of sp³-hybridized carbons (Fsp3) is 0.438. The molecule has 3 rings (SSSR count). The van der Waals surface area contributed by atoms with Gasteiger partial charge in [0.25, 0.3) is 0 Å². The van der Waals surface area contributed by atoms with E-state index >= 15 is 0 Å². The fourth-order valence-electron chi connectivity index (χ4n) is 2.93. The van der Waals surface area contributed by atoms with Gasteiger partial charge in [-0.3, -0.25) is 4.90 Å². The molecule has 1 aliphatic rings. The number of β-amino-alcohol motifs (C(OH)–C–C–N with tert-alkyl or cyclic N) is 1. The molecule has 106 valence electrons. The topological polar surface area (TPSA) is 49.5 Å². The molecule has 1 aliphatic heterocycles. The molecule has 0 unspecified atom stereocenters. The molecule has 1 N–H and O–H groups in total. The van der Waals surface area contributed by atoms with Crippen LogP contribution in [0.5, 0.6) is 0 Å². The molecule has 0 spiro atoms. The van der Waals surface area contributed by atoms with Gasteiger partial charge in [-0.25, -0.2) is 0 Å². The molecule has 1 aromatic heterocycles. The molecule has 0 bridgehead atoms. The van der Waals surface area contributed by atoms with E-state index in [1.807, 2.05) is 43.3 Å². The van der Waals surface area contributed by atoms with Crippen molar-refractivity contribution in [3.05, 3.63) is 53.4 Å². The van der Waals surface area contributed by atoms with Gasteiger partial charge in [0, 0.05) is 12.6 Å². The summed E-state index contributed by atoms with van der Waals surface area (Å²) >= 11 is 0. The first-order valence-corrected chi connectivity index (χ1v) is 7.14. The molecular formula is C16H20N2O2. The van der Waals surface area contributed by atoms with E-state index in [0.29, 0.717) is 6.54 Å². The van der Waals surface area contributed by atoms with Crippen molar-refractivity contribution in [2.45, 2.75) is 31.9 Å². The van der Waals surface area contributed by atoms with Crippen LogP contribution in [0.3, 0.4) is 0 Å². The van der Waals surface area contributed by atoms with Crippen molar-refractivity contribution in [1.82, 2.24) is 10.1 Å². The normalized spacial score (nSPS) is 21.2. The number of aromatic nitrogens is 1. The summed E-state index contributed by atoms with van der Waals surface area (Å²) in [6, 6.07) is 12.1. The number of aliphatic hydroxyl groups is 1. The zero-order chi connectivity index (χ0) is 13.9. The van der Waals surface area contributed by atoms with Gasteiger partial charge in [-0.2, -0.15) is 0 Å². The molecular weight excluding hydrogens is 252 g/mol. The number of likely N-dealkylation sites (tertiary alicyclic amines) is 1. The number of nitrogens with zero attached hydrogens (tertiary/aromatic N) is 2. The lowest BCUT2D eigenvalue weighted by Crippen LogP contribution is -2.28. The van der Waals surface area contributed by atoms with E-state index in [1.54, 1.807) is 0 Å². The lowest BCUT2D eigenvalue weighted by atomic mass is 10.1. The van der Waals surface area contributed by atoms with Crippen LogP contribution in [0.2, 0.25) is 0 Å². The Kier molecular flexibility index (Phi) is 3.85. The summed E-state index contributed by atoms with van der Waals surface area (Å²) in [6.45, 7) is 3.55. The maximum atomic E-state index is 10.4. The molecule has 20 heavy (non-hydrogen) atoms. The fourth-order valence-corrected chi connectivity index (χ4v) is 2.93. The summed E-state index contributed by atoms with van der Waals surface area (Å²) in [7, 11) is 0. The number of hydrogen-bond acceptors (Lipinski definition) is 4. The SMILES string of the molecule is Cc1cc([C@@H]2CCCN2C[C@H](O)c2ccccc2)no1. The monoisotopic (exact) mass is 272 g/mol. The van der Waals surface area contributed by atoms with Crippen molar-refractivity contribution >= 4 is 0 Å². The zero-order valence-electron chi connectivity index (χ0n) is 11.7. The van der Waals surface area contributed by atoms with Gasteiger partial charge < -0.3 is 9.63 Å². The van der Waals surface area contributed by atoms with Crippen LogP contribution in [0.15, 0.2) is 40.9 Å². The molecule has 1 aromatic carbocycles. The number of benzene rings is 1. The second kappa shape index (κ2) is 5.77. The number of aliphatic hydroxyl groups excluding tert-OH is 1. The van der Waals surface area contributed by atoms with Gasteiger partial charge in [-0.15, -0.1) is 0 Å². The van der Waals surface area contributed by atoms with Crippen molar-refractivity contribution in [1.29, 1.82) is 0 Å². The summed E-state index contributed by atoms with van der Waals surface area (Å²) in [5.41, 5.74) is 1.95. The summed E-state index contributed by atoms with van der Waals surface area (Å²) in [5.74, 6) is 0.843. The molecule has 0 radical (unpaired) electrons. The summed E-state index contributed by atoms with van der Waals surface area (Å²) in [5, 5.41) is 14.5. The van der Waals surface area contributed by atoms with Crippen LogP contribution >= 0.6 is 0 Å². The minimum atomic E-state index is -0.454. The van der Waals surface area contributed by atoms with Gasteiger partial charge >= 0.3 is 0 Å². The third kappa shape index (κ3) is 2.76. The highest BCUT2D eigenvalue weighted by molar-refractivity contribution is 5.18. The van der Waals surface area contributed by atoms with Crippen LogP contribution in [0.4, 0.5) is 0 Å². The Bertz CT molecular complexity index is 553. The quantitative estimate of drug-likeness (QED) is 0.929. The van der Waals surface area contributed by atoms with E-state index < -0.39 is 6.10 Å². The van der Waals surface area contributed by atoms with Crippen LogP contribution in [-0.2, 0) is 0 Å². The Morgan fingerprint density at radius 2 is 2.20 bits per heavy atom. The third-order valence-corrected chi connectivity index (χ3v) is 3.94. The molecule has 0 amide bonds. The van der Waals surface area contributed by atoms with Crippen LogP contribution in [0.25, 0.3) is 0 Å². The average Bonchev–Trinajstić information content (AvgIpc) is 3.08. The third-order valence-electron chi connectivity index (χ3n) is 3.94. The number of hydrogen-bond donors (Lipinski definition) is 1. The molecule has 2 atom stereocenters. The highest BCUT2D eigenvalue weighted by Crippen LogP contribution is 2.32. The summed E-state index contributed by atoms with van der Waals surface area (Å²) in [6.07, 6.45) is 1.76. The lowest BCUT2D eigenvalue weighted by Gasteiger charge is -2.25. The van der Waals surface area contributed by atoms with Crippen LogP contribution in [-0.4, -0.2) is 28.3 Å². The van der Waals surface area contributed by atoms with Crippen molar-refractivity contribution in [2.24, 2.45) is 0 Å². The highest BCUT2D eigenvalue weighted by Gasteiger charge is 2.29. The maximum absolute atomic E-state index is 10.4. The van der Waals surface area contributed by atoms with Crippen molar-refractivity contribution in [3.63, 3.8) is 0 Å². The minimum absolute atomic E-state index is 0.269. The highest BCUT2D eigenvalue weighted by atomic mass is 16.5. The second-order valence-corrected chi connectivity index (χ2v) is 5.44. The first kappa shape index (κ1) is 13.3. The first-order valence-electron chi connectivity index (χ1n) is 7.14. The Morgan fingerprint density at radius 3 is 2.90 bits per heavy atom. The maximum Gasteiger partial charge on any atom is 0.133 e. The molecule has 2 heterocycles. The van der Waals surface area contributed by atoms with E-state index in [2.05, 4.69) is 10.1 Å². The lowest BCUT2D eigenvalue weighted by molar-refractivity contribution is 0.104. The van der Waals surface area contributed by atoms with Gasteiger partial charge in [0.05, 0.1) is 12.1 Å². The molecule has 4 nitrogen and oxygen atoms in total. The molecule has 1 fully saturated rings. The van der Waals surface area contributed by atoms with E-state index in [9.17, 15) is 5.11 Å². The molecule has 4 heteroatoms. The van der Waals surface area contributed by atoms with Crippen LogP contribution < -0.4 is 0 Å². The molecule has 0 saturated carbocycles. The summed E-state index contributed by atoms with van der Waals surface area (Å²) < 4.78 is 5.18. The standard InChI is InChI=1S/C16H20N2O2/c1-12-10-14(17-20-12)15-8-5-9-18(15)11-16(19)13-6-3-2-4-7-13/h2-4,6-7,10,15-16,19H,5,8-9,11H2,1H3/t15-,16-/m0/s1. The van der Waals surface area contributed by atoms with Gasteiger partial charge in [0.2, 0.25) is 0 Å². The van der Waals surface area contributed by atoms with E-state index in [0.717, 1.165) is 36.4 Å². The van der Waals surface area contributed by atoms with Gasteiger partial charge in [-0.1, -0.05) is 35.5 Å². The predicted octanol–water partition coefficient (Wildman–Crippen LogP) is 2.85. The van der Waals surface area contributed by atoms with Gasteiger partial charge in [-0.05, 0) is 31.9 Å². The summed E-state index contributed by atoms with van der Waals surface area (Å²) in [4.78, 5) is 2.30. The molecule has 0 aliphatic carbocycles. The minimum Gasteiger partial charge on any atom is -0.387 e. The van der Waals surface area contributed by atoms with E-state index in [-0.39, 0.29) is 6.04 Å². The van der Waals surface area contributed by atoms with E-state index in [1.165, 1.54) is 0 Å². The van der Waals surface area contributed by atoms with Crippen molar-refractivity contribution < 1.29 is 9.63 Å². The first-order chi connectivity index (χ1) is 9.74. The smallest absolute Gasteiger partial charge is 0.133 e. The van der Waals surface area contributed by atoms with Crippen molar-refractivity contribution in [3.8, 4) is 0 Å².